The van der Waals surface area contributed by atoms with Crippen LogP contribution < -0.4 is 10.2 Å². The first-order valence-corrected chi connectivity index (χ1v) is 7.49. The summed E-state index contributed by atoms with van der Waals surface area (Å²) < 4.78 is 0. The van der Waals surface area contributed by atoms with Crippen LogP contribution in [0, 0.1) is 5.41 Å². The Hall–Kier alpha value is -1.09. The highest BCUT2D eigenvalue weighted by Gasteiger charge is 2.22. The van der Waals surface area contributed by atoms with Gasteiger partial charge in [0.2, 0.25) is 0 Å². The molecule has 106 valence electrons. The van der Waals surface area contributed by atoms with Gasteiger partial charge in [-0.15, -0.1) is 0 Å². The summed E-state index contributed by atoms with van der Waals surface area (Å²) in [5.41, 5.74) is 1.73. The number of anilines is 1. The fourth-order valence-electron chi connectivity index (χ4n) is 2.44. The molecule has 0 aliphatic carbocycles. The van der Waals surface area contributed by atoms with Crippen LogP contribution in [0.5, 0.6) is 0 Å². The molecule has 1 fully saturated rings. The zero-order valence-corrected chi connectivity index (χ0v) is 12.5. The van der Waals surface area contributed by atoms with Crippen molar-refractivity contribution in [3.05, 3.63) is 24.5 Å². The van der Waals surface area contributed by atoms with Gasteiger partial charge in [-0.1, -0.05) is 20.8 Å². The molecule has 0 saturated carbocycles. The third kappa shape index (κ3) is 4.20. The molecule has 19 heavy (non-hydrogen) atoms. The lowest BCUT2D eigenvalue weighted by molar-refractivity contribution is 0.291. The first-order valence-electron chi connectivity index (χ1n) is 7.49. The first kappa shape index (κ1) is 14.3. The summed E-state index contributed by atoms with van der Waals surface area (Å²) in [6, 6.07) is 4.89. The maximum Gasteiger partial charge on any atom is 0.0397 e. The highest BCUT2D eigenvalue weighted by Crippen LogP contribution is 2.21. The molecule has 1 aromatic heterocycles. The Morgan fingerprint density at radius 1 is 1.26 bits per heavy atom. The predicted octanol–water partition coefficient (Wildman–Crippen LogP) is 3.08. The summed E-state index contributed by atoms with van der Waals surface area (Å²) in [6.07, 6.45) is 7.47. The summed E-state index contributed by atoms with van der Waals surface area (Å²) in [5, 5.41) is 3.75. The molecule has 1 saturated heterocycles. The van der Waals surface area contributed by atoms with Gasteiger partial charge in [0.25, 0.3) is 0 Å². The van der Waals surface area contributed by atoms with Crippen LogP contribution in [-0.2, 0) is 0 Å². The second-order valence-electron chi connectivity index (χ2n) is 6.37. The average Bonchev–Trinajstić information content (AvgIpc) is 2.47. The molecular weight excluding hydrogens is 234 g/mol. The average molecular weight is 261 g/mol. The SMILES string of the molecule is CCC(C)(C)CNC1CCN(c2ccncc2)CC1. The normalized spacial score (nSPS) is 17.7. The molecule has 2 rings (SSSR count). The highest BCUT2D eigenvalue weighted by molar-refractivity contribution is 5.44. The van der Waals surface area contributed by atoms with Gasteiger partial charge >= 0.3 is 0 Å². The van der Waals surface area contributed by atoms with Crippen molar-refractivity contribution in [3.8, 4) is 0 Å². The fraction of sp³-hybridized carbons (Fsp3) is 0.688. The Bertz CT molecular complexity index is 367. The van der Waals surface area contributed by atoms with Crippen molar-refractivity contribution in [1.29, 1.82) is 0 Å². The second-order valence-corrected chi connectivity index (χ2v) is 6.37. The largest absolute Gasteiger partial charge is 0.371 e. The van der Waals surface area contributed by atoms with Crippen molar-refractivity contribution in [2.45, 2.75) is 46.1 Å². The minimum atomic E-state index is 0.419. The van der Waals surface area contributed by atoms with E-state index in [2.05, 4.69) is 48.1 Å². The summed E-state index contributed by atoms with van der Waals surface area (Å²) >= 11 is 0. The molecule has 1 aromatic rings. The smallest absolute Gasteiger partial charge is 0.0397 e. The predicted molar refractivity (Wildman–Crippen MR) is 81.5 cm³/mol. The fourth-order valence-corrected chi connectivity index (χ4v) is 2.44. The number of piperidine rings is 1. The van der Waals surface area contributed by atoms with Gasteiger partial charge in [-0.25, -0.2) is 0 Å². The van der Waals surface area contributed by atoms with Crippen LogP contribution >= 0.6 is 0 Å². The standard InChI is InChI=1S/C16H27N3/c1-4-16(2,3)13-18-14-7-11-19(12-8-14)15-5-9-17-10-6-15/h5-6,9-10,14,18H,4,7-8,11-13H2,1-3H3. The molecule has 0 unspecified atom stereocenters. The lowest BCUT2D eigenvalue weighted by atomic mass is 9.89. The van der Waals surface area contributed by atoms with E-state index in [0.29, 0.717) is 11.5 Å². The molecule has 1 N–H and O–H groups in total. The Kier molecular flexibility index (Phi) is 4.81. The van der Waals surface area contributed by atoms with Crippen LogP contribution in [0.2, 0.25) is 0 Å². The van der Waals surface area contributed by atoms with E-state index in [1.807, 2.05) is 12.4 Å². The van der Waals surface area contributed by atoms with Crippen LogP contribution in [0.1, 0.15) is 40.0 Å². The number of pyridine rings is 1. The third-order valence-electron chi connectivity index (χ3n) is 4.35. The van der Waals surface area contributed by atoms with Crippen LogP contribution in [0.4, 0.5) is 5.69 Å². The minimum absolute atomic E-state index is 0.419. The van der Waals surface area contributed by atoms with Gasteiger partial charge in [0.05, 0.1) is 0 Å². The molecule has 0 atom stereocenters. The van der Waals surface area contributed by atoms with Crippen LogP contribution in [0.3, 0.4) is 0 Å². The van der Waals surface area contributed by atoms with Crippen molar-refractivity contribution in [1.82, 2.24) is 10.3 Å². The molecule has 0 spiro atoms. The molecule has 0 amide bonds. The van der Waals surface area contributed by atoms with Gasteiger partial charge in [0.15, 0.2) is 0 Å². The van der Waals surface area contributed by atoms with E-state index in [1.54, 1.807) is 0 Å². The molecule has 1 aliphatic rings. The molecule has 0 bridgehead atoms. The Morgan fingerprint density at radius 3 is 2.47 bits per heavy atom. The number of hydrogen-bond donors (Lipinski definition) is 1. The van der Waals surface area contributed by atoms with Gasteiger partial charge in [0.1, 0.15) is 0 Å². The molecule has 0 radical (unpaired) electrons. The van der Waals surface area contributed by atoms with E-state index >= 15 is 0 Å². The highest BCUT2D eigenvalue weighted by atomic mass is 15.1. The lowest BCUT2D eigenvalue weighted by Gasteiger charge is -2.35. The van der Waals surface area contributed by atoms with Crippen molar-refractivity contribution in [2.24, 2.45) is 5.41 Å². The Balaban J connectivity index is 1.77. The number of nitrogens with one attached hydrogen (secondary N) is 1. The molecule has 1 aliphatic heterocycles. The van der Waals surface area contributed by atoms with Crippen molar-refractivity contribution in [2.75, 3.05) is 24.5 Å². The van der Waals surface area contributed by atoms with Crippen molar-refractivity contribution < 1.29 is 0 Å². The summed E-state index contributed by atoms with van der Waals surface area (Å²) in [5.74, 6) is 0. The van der Waals surface area contributed by atoms with Gasteiger partial charge in [-0.3, -0.25) is 4.98 Å². The lowest BCUT2D eigenvalue weighted by Crippen LogP contribution is -2.45. The number of aromatic nitrogens is 1. The van der Waals surface area contributed by atoms with E-state index in [-0.39, 0.29) is 0 Å². The van der Waals surface area contributed by atoms with Crippen LogP contribution in [0.25, 0.3) is 0 Å². The van der Waals surface area contributed by atoms with Crippen LogP contribution in [0.15, 0.2) is 24.5 Å². The van der Waals surface area contributed by atoms with Crippen molar-refractivity contribution >= 4 is 5.69 Å². The number of rotatable bonds is 5. The zero-order chi connectivity index (χ0) is 13.7. The minimum Gasteiger partial charge on any atom is -0.371 e. The van der Waals surface area contributed by atoms with E-state index < -0.39 is 0 Å². The van der Waals surface area contributed by atoms with Crippen molar-refractivity contribution in [3.63, 3.8) is 0 Å². The zero-order valence-electron chi connectivity index (χ0n) is 12.5. The molecule has 2 heterocycles. The third-order valence-corrected chi connectivity index (χ3v) is 4.35. The summed E-state index contributed by atoms with van der Waals surface area (Å²) in [7, 11) is 0. The first-order chi connectivity index (χ1) is 9.11. The van der Waals surface area contributed by atoms with Gasteiger partial charge < -0.3 is 10.2 Å². The maximum atomic E-state index is 4.08. The monoisotopic (exact) mass is 261 g/mol. The molecular formula is C16H27N3. The van der Waals surface area contributed by atoms with Gasteiger partial charge in [0, 0.05) is 43.8 Å². The quantitative estimate of drug-likeness (QED) is 0.883. The van der Waals surface area contributed by atoms with E-state index in [0.717, 1.165) is 19.6 Å². The summed E-state index contributed by atoms with van der Waals surface area (Å²) in [6.45, 7) is 10.4. The Morgan fingerprint density at radius 2 is 1.89 bits per heavy atom. The Labute approximate surface area is 117 Å². The summed E-state index contributed by atoms with van der Waals surface area (Å²) in [4.78, 5) is 6.55. The number of nitrogens with zero attached hydrogens (tertiary/aromatic N) is 2. The van der Waals surface area contributed by atoms with Crippen LogP contribution in [-0.4, -0.2) is 30.7 Å². The second kappa shape index (κ2) is 6.38. The van der Waals surface area contributed by atoms with Gasteiger partial charge in [-0.2, -0.15) is 0 Å². The van der Waals surface area contributed by atoms with Gasteiger partial charge in [-0.05, 0) is 36.8 Å². The molecule has 0 aromatic carbocycles. The topological polar surface area (TPSA) is 28.2 Å². The van der Waals surface area contributed by atoms with E-state index in [1.165, 1.54) is 24.9 Å². The molecule has 3 heteroatoms. The maximum absolute atomic E-state index is 4.08. The molecule has 3 nitrogen and oxygen atoms in total. The van der Waals surface area contributed by atoms with E-state index in [9.17, 15) is 0 Å². The number of hydrogen-bond acceptors (Lipinski definition) is 3. The van der Waals surface area contributed by atoms with E-state index in [4.69, 9.17) is 0 Å².